The minimum absolute atomic E-state index is 0.285. The highest BCUT2D eigenvalue weighted by atomic mass is 16.6. The third-order valence-electron chi connectivity index (χ3n) is 4.11. The van der Waals surface area contributed by atoms with Crippen LogP contribution in [0.1, 0.15) is 31.9 Å². The molecule has 2 rings (SSSR count). The molecule has 0 fully saturated rings. The molecule has 0 saturated heterocycles. The molecule has 2 aromatic rings. The Morgan fingerprint density at radius 2 is 1.27 bits per heavy atom. The zero-order valence-electron chi connectivity index (χ0n) is 15.5. The van der Waals surface area contributed by atoms with E-state index < -0.39 is 29.4 Å². The number of carboxylic acids is 1. The lowest BCUT2D eigenvalue weighted by Crippen LogP contribution is -2.37. The van der Waals surface area contributed by atoms with Crippen LogP contribution in [0.2, 0.25) is 0 Å². The Labute approximate surface area is 154 Å². The predicted octanol–water partition coefficient (Wildman–Crippen LogP) is 4.13. The first kappa shape index (κ1) is 19.7. The Morgan fingerprint density at radius 3 is 1.65 bits per heavy atom. The van der Waals surface area contributed by atoms with Crippen LogP contribution in [0.3, 0.4) is 0 Å². The van der Waals surface area contributed by atoms with E-state index >= 15 is 0 Å². The minimum atomic E-state index is -0.986. The molecule has 0 amide bonds. The van der Waals surface area contributed by atoms with Crippen molar-refractivity contribution in [3.05, 3.63) is 71.8 Å². The third kappa shape index (κ3) is 6.03. The van der Waals surface area contributed by atoms with Crippen molar-refractivity contribution in [2.45, 2.75) is 39.2 Å². The highest BCUT2D eigenvalue weighted by Gasteiger charge is 2.36. The summed E-state index contributed by atoms with van der Waals surface area (Å²) in [6.45, 7) is 5.37. The number of hydrogen-bond acceptors (Lipinski definition) is 3. The fourth-order valence-electron chi connectivity index (χ4n) is 2.91. The lowest BCUT2D eigenvalue weighted by atomic mass is 9.82. The summed E-state index contributed by atoms with van der Waals surface area (Å²) in [6.07, 6.45) is 0.618. The van der Waals surface area contributed by atoms with Crippen LogP contribution >= 0.6 is 0 Å². The van der Waals surface area contributed by atoms with E-state index in [9.17, 15) is 14.7 Å². The van der Waals surface area contributed by atoms with Crippen LogP contribution in [0, 0.1) is 11.8 Å². The summed E-state index contributed by atoms with van der Waals surface area (Å²) in [7, 11) is 0. The highest BCUT2D eigenvalue weighted by Crippen LogP contribution is 2.26. The van der Waals surface area contributed by atoms with Gasteiger partial charge in [0.15, 0.2) is 0 Å². The number of benzene rings is 2. The number of carbonyl (C=O) groups is 2. The Balaban J connectivity index is 2.31. The summed E-state index contributed by atoms with van der Waals surface area (Å²) in [5.41, 5.74) is 1.14. The first-order valence-electron chi connectivity index (χ1n) is 8.80. The molecule has 0 aliphatic heterocycles. The quantitative estimate of drug-likeness (QED) is 0.759. The molecule has 0 aliphatic carbocycles. The maximum absolute atomic E-state index is 12.8. The van der Waals surface area contributed by atoms with E-state index in [-0.39, 0.29) is 6.42 Å². The van der Waals surface area contributed by atoms with Gasteiger partial charge in [0.1, 0.15) is 5.60 Å². The van der Waals surface area contributed by atoms with Gasteiger partial charge in [-0.3, -0.25) is 9.59 Å². The fraction of sp³-hybridized carbons (Fsp3) is 0.364. The molecule has 4 nitrogen and oxygen atoms in total. The number of carboxylic acid groups (broad SMARTS) is 1. The third-order valence-corrected chi connectivity index (χ3v) is 4.11. The van der Waals surface area contributed by atoms with Crippen LogP contribution in [-0.2, 0) is 27.2 Å². The van der Waals surface area contributed by atoms with Crippen molar-refractivity contribution in [3.8, 4) is 0 Å². The largest absolute Gasteiger partial charge is 0.481 e. The number of carbonyl (C=O) groups excluding carboxylic acids is 1. The molecular formula is C22H26O4. The van der Waals surface area contributed by atoms with Crippen LogP contribution in [0.5, 0.6) is 0 Å². The second-order valence-electron chi connectivity index (χ2n) is 7.46. The molecule has 1 N–H and O–H groups in total. The lowest BCUT2D eigenvalue weighted by Gasteiger charge is -2.27. The number of hydrogen-bond donors (Lipinski definition) is 1. The van der Waals surface area contributed by atoms with Gasteiger partial charge in [0, 0.05) is 0 Å². The molecule has 0 radical (unpaired) electrons. The van der Waals surface area contributed by atoms with Crippen molar-refractivity contribution in [3.63, 3.8) is 0 Å². The smallest absolute Gasteiger partial charge is 0.310 e. The highest BCUT2D eigenvalue weighted by molar-refractivity contribution is 5.82. The molecule has 1 unspecified atom stereocenters. The zero-order valence-corrected chi connectivity index (χ0v) is 15.5. The molecule has 2 aromatic carbocycles. The van der Waals surface area contributed by atoms with Crippen LogP contribution in [0.25, 0.3) is 0 Å². The van der Waals surface area contributed by atoms with Crippen LogP contribution in [-0.4, -0.2) is 22.6 Å². The molecule has 26 heavy (non-hydrogen) atoms. The van der Waals surface area contributed by atoms with E-state index in [1.807, 2.05) is 60.7 Å². The Kier molecular flexibility index (Phi) is 6.56. The van der Waals surface area contributed by atoms with E-state index in [2.05, 4.69) is 0 Å². The van der Waals surface area contributed by atoms with E-state index in [1.54, 1.807) is 20.8 Å². The Morgan fingerprint density at radius 1 is 0.846 bits per heavy atom. The average Bonchev–Trinajstić information content (AvgIpc) is 2.58. The van der Waals surface area contributed by atoms with Gasteiger partial charge in [0.25, 0.3) is 0 Å². The molecule has 0 saturated carbocycles. The minimum Gasteiger partial charge on any atom is -0.481 e. The van der Waals surface area contributed by atoms with Gasteiger partial charge in [-0.25, -0.2) is 0 Å². The number of ether oxygens (including phenoxy) is 1. The summed E-state index contributed by atoms with van der Waals surface area (Å²) in [5.74, 6) is -3.06. The predicted molar refractivity (Wildman–Crippen MR) is 101 cm³/mol. The van der Waals surface area contributed by atoms with E-state index in [0.29, 0.717) is 6.42 Å². The van der Waals surface area contributed by atoms with Gasteiger partial charge >= 0.3 is 11.9 Å². The van der Waals surface area contributed by atoms with Crippen LogP contribution < -0.4 is 0 Å². The normalized spacial score (nSPS) is 13.7. The average molecular weight is 354 g/mol. The fourth-order valence-corrected chi connectivity index (χ4v) is 2.91. The van der Waals surface area contributed by atoms with Crippen LogP contribution in [0.4, 0.5) is 0 Å². The monoisotopic (exact) mass is 354 g/mol. The molecule has 0 aromatic heterocycles. The van der Waals surface area contributed by atoms with Crippen molar-refractivity contribution < 1.29 is 19.4 Å². The summed E-state index contributed by atoms with van der Waals surface area (Å²) in [4.78, 5) is 24.8. The molecule has 0 bridgehead atoms. The maximum atomic E-state index is 12.8. The Bertz CT molecular complexity index is 717. The second-order valence-corrected chi connectivity index (χ2v) is 7.46. The molecule has 0 heterocycles. The van der Waals surface area contributed by atoms with E-state index in [4.69, 9.17) is 4.74 Å². The molecule has 0 spiro atoms. The summed E-state index contributed by atoms with van der Waals surface area (Å²) in [5, 5.41) is 9.82. The number of aliphatic carboxylic acids is 1. The molecule has 138 valence electrons. The van der Waals surface area contributed by atoms with E-state index in [0.717, 1.165) is 11.1 Å². The van der Waals surface area contributed by atoms with Crippen molar-refractivity contribution in [2.24, 2.45) is 11.8 Å². The molecular weight excluding hydrogens is 328 g/mol. The van der Waals surface area contributed by atoms with Gasteiger partial charge in [0.2, 0.25) is 0 Å². The SMILES string of the molecule is CC(C)(C)OC(=O)C(Cc1ccccc1)[C@@H](Cc1ccccc1)C(=O)O. The topological polar surface area (TPSA) is 63.6 Å². The van der Waals surface area contributed by atoms with Gasteiger partial charge in [-0.15, -0.1) is 0 Å². The van der Waals surface area contributed by atoms with Crippen molar-refractivity contribution in [1.29, 1.82) is 0 Å². The first-order chi connectivity index (χ1) is 12.3. The van der Waals surface area contributed by atoms with Gasteiger partial charge in [-0.1, -0.05) is 60.7 Å². The van der Waals surface area contributed by atoms with Gasteiger partial charge < -0.3 is 9.84 Å². The zero-order chi connectivity index (χ0) is 19.2. The summed E-state index contributed by atoms with van der Waals surface area (Å²) >= 11 is 0. The maximum Gasteiger partial charge on any atom is 0.310 e. The van der Waals surface area contributed by atoms with E-state index in [1.165, 1.54) is 0 Å². The summed E-state index contributed by atoms with van der Waals surface area (Å²) < 4.78 is 5.54. The van der Waals surface area contributed by atoms with Crippen molar-refractivity contribution in [2.75, 3.05) is 0 Å². The van der Waals surface area contributed by atoms with Gasteiger partial charge in [0.05, 0.1) is 11.8 Å². The first-order valence-corrected chi connectivity index (χ1v) is 8.80. The second kappa shape index (κ2) is 8.65. The van der Waals surface area contributed by atoms with Gasteiger partial charge in [-0.2, -0.15) is 0 Å². The standard InChI is InChI=1S/C22H26O4/c1-22(2,3)26-21(25)19(15-17-12-8-5-9-13-17)18(20(23)24)14-16-10-6-4-7-11-16/h4-13,18-19H,14-15H2,1-3H3,(H,23,24)/t18-,19?/m1/s1. The summed E-state index contributed by atoms with van der Waals surface area (Å²) in [6, 6.07) is 18.8. The Hall–Kier alpha value is -2.62. The molecule has 4 heteroatoms. The number of rotatable bonds is 7. The van der Waals surface area contributed by atoms with Crippen molar-refractivity contribution >= 4 is 11.9 Å². The van der Waals surface area contributed by atoms with Crippen molar-refractivity contribution in [1.82, 2.24) is 0 Å². The molecule has 2 atom stereocenters. The molecule has 0 aliphatic rings. The number of esters is 1. The van der Waals surface area contributed by atoms with Gasteiger partial charge in [-0.05, 0) is 44.7 Å². The van der Waals surface area contributed by atoms with Crippen LogP contribution in [0.15, 0.2) is 60.7 Å². The lowest BCUT2D eigenvalue weighted by molar-refractivity contribution is -0.166.